The van der Waals surface area contributed by atoms with Gasteiger partial charge >= 0.3 is 0 Å². The number of likely N-dealkylation sites (N-methyl/N-ethyl adjacent to an activating group) is 1. The van der Waals surface area contributed by atoms with Crippen LogP contribution in [0.15, 0.2) is 46.8 Å². The number of nitrogens with one attached hydrogen (secondary N) is 1. The van der Waals surface area contributed by atoms with Crippen LogP contribution >= 0.6 is 35.3 Å². The Labute approximate surface area is 194 Å². The van der Waals surface area contributed by atoms with Gasteiger partial charge in [0.25, 0.3) is 0 Å². The van der Waals surface area contributed by atoms with E-state index in [1.54, 1.807) is 23.5 Å². The Bertz CT molecular complexity index is 769. The molecule has 1 N–H and O–H groups in total. The Morgan fingerprint density at radius 3 is 2.62 bits per heavy atom. The Kier molecular flexibility index (Phi) is 9.32. The Morgan fingerprint density at radius 2 is 2.03 bits per heavy atom. The molecule has 0 aliphatic carbocycles. The summed E-state index contributed by atoms with van der Waals surface area (Å²) in [6.45, 7) is 4.28. The second-order valence-corrected chi connectivity index (χ2v) is 8.29. The summed E-state index contributed by atoms with van der Waals surface area (Å²) in [5.41, 5.74) is 0.984. The fourth-order valence-corrected chi connectivity index (χ4v) is 4.45. The summed E-state index contributed by atoms with van der Waals surface area (Å²) in [7, 11) is 6.00. The van der Waals surface area contributed by atoms with Crippen molar-refractivity contribution in [3.63, 3.8) is 0 Å². The SMILES string of the molecule is CN=C(NCC(c1cccs1)N(C)C)N1CC(C)OC(c2ccc(F)cc2)C1.I. The molecule has 1 aromatic carbocycles. The van der Waals surface area contributed by atoms with Crippen LogP contribution in [0.1, 0.15) is 29.5 Å². The van der Waals surface area contributed by atoms with E-state index in [1.165, 1.54) is 17.0 Å². The Hall–Kier alpha value is -1.23. The lowest BCUT2D eigenvalue weighted by Gasteiger charge is -2.39. The number of hydrogen-bond acceptors (Lipinski definition) is 4. The van der Waals surface area contributed by atoms with Gasteiger partial charge in [-0.25, -0.2) is 4.39 Å². The maximum Gasteiger partial charge on any atom is 0.193 e. The fraction of sp³-hybridized carbons (Fsp3) is 0.476. The molecule has 0 saturated carbocycles. The van der Waals surface area contributed by atoms with E-state index in [-0.39, 0.29) is 48.0 Å². The summed E-state index contributed by atoms with van der Waals surface area (Å²) in [6.07, 6.45) is -0.0471. The molecule has 160 valence electrons. The molecule has 1 aliphatic rings. The molecule has 1 saturated heterocycles. The zero-order valence-electron chi connectivity index (χ0n) is 17.3. The minimum absolute atomic E-state index is 0. The van der Waals surface area contributed by atoms with Gasteiger partial charge in [-0.3, -0.25) is 4.99 Å². The lowest BCUT2D eigenvalue weighted by Crippen LogP contribution is -2.51. The normalized spacial score (nSPS) is 21.0. The Balaban J connectivity index is 0.00000300. The summed E-state index contributed by atoms with van der Waals surface area (Å²) in [6, 6.07) is 11.1. The average molecular weight is 532 g/mol. The predicted molar refractivity (Wildman–Crippen MR) is 129 cm³/mol. The van der Waals surface area contributed by atoms with Gasteiger partial charge in [-0.1, -0.05) is 18.2 Å². The number of guanidine groups is 1. The molecule has 0 radical (unpaired) electrons. The average Bonchev–Trinajstić information content (AvgIpc) is 3.19. The van der Waals surface area contributed by atoms with Crippen molar-refractivity contribution >= 4 is 41.3 Å². The number of nitrogens with zero attached hydrogens (tertiary/aromatic N) is 3. The van der Waals surface area contributed by atoms with E-state index in [2.05, 4.69) is 58.6 Å². The monoisotopic (exact) mass is 532 g/mol. The molecule has 3 unspecified atom stereocenters. The van der Waals surface area contributed by atoms with Crippen molar-refractivity contribution < 1.29 is 9.13 Å². The smallest absolute Gasteiger partial charge is 0.193 e. The molecule has 3 rings (SSSR count). The van der Waals surface area contributed by atoms with Crippen LogP contribution in [0.3, 0.4) is 0 Å². The van der Waals surface area contributed by atoms with E-state index in [0.717, 1.165) is 24.6 Å². The first-order chi connectivity index (χ1) is 13.5. The van der Waals surface area contributed by atoms with E-state index in [4.69, 9.17) is 4.74 Å². The molecule has 0 bridgehead atoms. The van der Waals surface area contributed by atoms with Gasteiger partial charge in [0.05, 0.1) is 18.7 Å². The van der Waals surface area contributed by atoms with E-state index < -0.39 is 0 Å². The molecular formula is C21H30FIN4OS. The van der Waals surface area contributed by atoms with Gasteiger partial charge < -0.3 is 19.9 Å². The van der Waals surface area contributed by atoms with Crippen molar-refractivity contribution in [2.75, 3.05) is 40.8 Å². The van der Waals surface area contributed by atoms with Gasteiger partial charge in [-0.2, -0.15) is 0 Å². The van der Waals surface area contributed by atoms with Crippen molar-refractivity contribution in [3.05, 3.63) is 58.0 Å². The lowest BCUT2D eigenvalue weighted by molar-refractivity contribution is -0.0605. The summed E-state index contributed by atoms with van der Waals surface area (Å²) < 4.78 is 19.4. The van der Waals surface area contributed by atoms with Crippen LogP contribution in [0, 0.1) is 5.82 Å². The predicted octanol–water partition coefficient (Wildman–Crippen LogP) is 4.15. The van der Waals surface area contributed by atoms with Crippen LogP contribution < -0.4 is 5.32 Å². The first kappa shape index (κ1) is 24.0. The number of hydrogen-bond donors (Lipinski definition) is 1. The van der Waals surface area contributed by atoms with Crippen LogP contribution in [-0.4, -0.2) is 62.6 Å². The summed E-state index contributed by atoms with van der Waals surface area (Å²) in [4.78, 5) is 10.3. The number of rotatable bonds is 5. The molecule has 2 aromatic rings. The molecule has 1 aromatic heterocycles. The van der Waals surface area contributed by atoms with Crippen molar-refractivity contribution in [3.8, 4) is 0 Å². The van der Waals surface area contributed by atoms with Crippen LogP contribution in [0.25, 0.3) is 0 Å². The number of thiophene rings is 1. The molecular weight excluding hydrogens is 502 g/mol. The molecule has 1 fully saturated rings. The number of aliphatic imine (C=N–C) groups is 1. The van der Waals surface area contributed by atoms with Crippen LogP contribution in [0.4, 0.5) is 4.39 Å². The standard InChI is InChI=1S/C21H29FN4OS.HI/c1-15-13-26(14-19(27-15)16-7-9-17(22)10-8-16)21(23-2)24-12-18(25(3)4)20-6-5-11-28-20;/h5-11,15,18-19H,12-14H2,1-4H3,(H,23,24);1H. The van der Waals surface area contributed by atoms with Crippen molar-refractivity contribution in [2.45, 2.75) is 25.2 Å². The van der Waals surface area contributed by atoms with Gasteiger partial charge in [0, 0.05) is 25.0 Å². The molecule has 0 amide bonds. The second-order valence-electron chi connectivity index (χ2n) is 7.31. The summed E-state index contributed by atoms with van der Waals surface area (Å²) >= 11 is 1.77. The molecule has 1 aliphatic heterocycles. The topological polar surface area (TPSA) is 40.1 Å². The maximum absolute atomic E-state index is 13.3. The van der Waals surface area contributed by atoms with Gasteiger partial charge in [-0.05, 0) is 50.2 Å². The molecule has 2 heterocycles. The third kappa shape index (κ3) is 6.37. The molecule has 8 heteroatoms. The van der Waals surface area contributed by atoms with Gasteiger partial charge in [-0.15, -0.1) is 35.3 Å². The third-order valence-electron chi connectivity index (χ3n) is 4.96. The van der Waals surface area contributed by atoms with Gasteiger partial charge in [0.15, 0.2) is 5.96 Å². The Morgan fingerprint density at radius 1 is 1.31 bits per heavy atom. The van der Waals surface area contributed by atoms with Crippen molar-refractivity contribution in [1.82, 2.24) is 15.1 Å². The highest BCUT2D eigenvalue weighted by Gasteiger charge is 2.29. The van der Waals surface area contributed by atoms with Crippen LogP contribution in [-0.2, 0) is 4.74 Å². The highest BCUT2D eigenvalue weighted by Crippen LogP contribution is 2.26. The van der Waals surface area contributed by atoms with E-state index in [1.807, 2.05) is 7.05 Å². The molecule has 0 spiro atoms. The number of morpholine rings is 1. The number of benzene rings is 1. The van der Waals surface area contributed by atoms with E-state index >= 15 is 0 Å². The van der Waals surface area contributed by atoms with Gasteiger partial charge in [0.2, 0.25) is 0 Å². The summed E-state index contributed by atoms with van der Waals surface area (Å²) in [5, 5.41) is 5.64. The van der Waals surface area contributed by atoms with Crippen molar-refractivity contribution in [1.29, 1.82) is 0 Å². The van der Waals surface area contributed by atoms with E-state index in [0.29, 0.717) is 6.54 Å². The number of halogens is 2. The summed E-state index contributed by atoms with van der Waals surface area (Å²) in [5.74, 6) is 0.635. The molecule has 3 atom stereocenters. The number of ether oxygens (including phenoxy) is 1. The van der Waals surface area contributed by atoms with Crippen LogP contribution in [0.2, 0.25) is 0 Å². The fourth-order valence-electron chi connectivity index (χ4n) is 3.52. The maximum atomic E-state index is 13.3. The van der Waals surface area contributed by atoms with E-state index in [9.17, 15) is 4.39 Å². The molecule has 29 heavy (non-hydrogen) atoms. The zero-order valence-corrected chi connectivity index (χ0v) is 20.5. The quantitative estimate of drug-likeness (QED) is 0.357. The minimum atomic E-state index is -0.231. The first-order valence-corrected chi connectivity index (χ1v) is 10.4. The first-order valence-electron chi connectivity index (χ1n) is 9.54. The highest BCUT2D eigenvalue weighted by molar-refractivity contribution is 14.0. The second kappa shape index (κ2) is 11.2. The highest BCUT2D eigenvalue weighted by atomic mass is 127. The lowest BCUT2D eigenvalue weighted by atomic mass is 10.1. The van der Waals surface area contributed by atoms with Gasteiger partial charge in [0.1, 0.15) is 11.9 Å². The third-order valence-corrected chi connectivity index (χ3v) is 5.94. The van der Waals surface area contributed by atoms with Crippen LogP contribution in [0.5, 0.6) is 0 Å². The molecule has 5 nitrogen and oxygen atoms in total. The van der Waals surface area contributed by atoms with Crippen molar-refractivity contribution in [2.24, 2.45) is 4.99 Å². The minimum Gasteiger partial charge on any atom is -0.367 e. The zero-order chi connectivity index (χ0) is 20.1. The largest absolute Gasteiger partial charge is 0.367 e.